The Bertz CT molecular complexity index is 772. The summed E-state index contributed by atoms with van der Waals surface area (Å²) in [6.07, 6.45) is 3.81. The molecule has 1 aliphatic rings. The number of hydrogen-bond acceptors (Lipinski definition) is 5. The van der Waals surface area contributed by atoms with Crippen molar-refractivity contribution in [1.82, 2.24) is 24.4 Å². The lowest BCUT2D eigenvalue weighted by Gasteiger charge is -2.32. The minimum atomic E-state index is -2.71. The van der Waals surface area contributed by atoms with E-state index in [1.165, 1.54) is 10.9 Å². The topological polar surface area (TPSA) is 63.9 Å². The van der Waals surface area contributed by atoms with E-state index >= 15 is 0 Å². The highest BCUT2D eigenvalue weighted by atomic mass is 19.3. The summed E-state index contributed by atoms with van der Waals surface area (Å²) in [5.41, 5.74) is 1.06. The fraction of sp³-hybridized carbons (Fsp3) is 0.529. The average molecular weight is 349 g/mol. The Hall–Kier alpha value is -2.22. The van der Waals surface area contributed by atoms with Crippen LogP contribution in [0.1, 0.15) is 36.3 Å². The second-order valence-corrected chi connectivity index (χ2v) is 6.41. The lowest BCUT2D eigenvalue weighted by atomic mass is 9.96. The molecule has 0 amide bonds. The van der Waals surface area contributed by atoms with Gasteiger partial charge >= 0.3 is 0 Å². The Labute approximate surface area is 144 Å². The molecule has 0 radical (unpaired) electrons. The molecule has 3 heterocycles. The number of halogens is 2. The van der Waals surface area contributed by atoms with Crippen LogP contribution in [-0.4, -0.2) is 37.5 Å². The molecule has 0 aromatic carbocycles. The summed E-state index contributed by atoms with van der Waals surface area (Å²) in [5, 5.41) is 0. The molecule has 0 N–H and O–H groups in total. The van der Waals surface area contributed by atoms with Gasteiger partial charge in [-0.2, -0.15) is 0 Å². The van der Waals surface area contributed by atoms with Crippen LogP contribution in [0.15, 0.2) is 29.6 Å². The Morgan fingerprint density at radius 3 is 2.56 bits per heavy atom. The van der Waals surface area contributed by atoms with Crippen molar-refractivity contribution in [3.8, 4) is 0 Å². The average Bonchev–Trinajstić information content (AvgIpc) is 2.60. The SMILES string of the molecule is Cc1nccnc1CN1CCC(Cn2cnc(C(F)F)cc2=O)CC1. The lowest BCUT2D eigenvalue weighted by Crippen LogP contribution is -2.36. The number of aromatic nitrogens is 4. The van der Waals surface area contributed by atoms with Gasteiger partial charge in [0.05, 0.1) is 17.7 Å². The van der Waals surface area contributed by atoms with Gasteiger partial charge in [0.15, 0.2) is 0 Å². The first-order valence-electron chi connectivity index (χ1n) is 8.36. The molecule has 0 atom stereocenters. The first-order chi connectivity index (χ1) is 12.0. The number of likely N-dealkylation sites (tertiary alicyclic amines) is 1. The van der Waals surface area contributed by atoms with Crippen molar-refractivity contribution in [2.75, 3.05) is 13.1 Å². The first kappa shape index (κ1) is 17.6. The van der Waals surface area contributed by atoms with E-state index in [-0.39, 0.29) is 0 Å². The second-order valence-electron chi connectivity index (χ2n) is 6.41. The third-order valence-corrected chi connectivity index (χ3v) is 4.64. The van der Waals surface area contributed by atoms with Crippen LogP contribution in [0.3, 0.4) is 0 Å². The highest BCUT2D eigenvalue weighted by Crippen LogP contribution is 2.20. The van der Waals surface area contributed by atoms with Gasteiger partial charge in [-0.05, 0) is 38.8 Å². The van der Waals surface area contributed by atoms with E-state index in [1.807, 2.05) is 6.92 Å². The van der Waals surface area contributed by atoms with Gasteiger partial charge in [0, 0.05) is 31.5 Å². The summed E-state index contributed by atoms with van der Waals surface area (Å²) < 4.78 is 26.6. The maximum absolute atomic E-state index is 12.6. The summed E-state index contributed by atoms with van der Waals surface area (Å²) in [6.45, 7) is 5.08. The summed E-state index contributed by atoms with van der Waals surface area (Å²) in [4.78, 5) is 26.6. The normalized spacial score (nSPS) is 16.5. The van der Waals surface area contributed by atoms with Gasteiger partial charge in [0.1, 0.15) is 5.69 Å². The number of rotatable bonds is 5. The van der Waals surface area contributed by atoms with E-state index in [2.05, 4.69) is 19.9 Å². The number of aryl methyl sites for hydroxylation is 1. The molecule has 2 aromatic rings. The zero-order chi connectivity index (χ0) is 17.8. The van der Waals surface area contributed by atoms with Crippen molar-refractivity contribution >= 4 is 0 Å². The van der Waals surface area contributed by atoms with Crippen molar-refractivity contribution in [3.63, 3.8) is 0 Å². The summed E-state index contributed by atoms with van der Waals surface area (Å²) in [7, 11) is 0. The van der Waals surface area contributed by atoms with E-state index in [4.69, 9.17) is 0 Å². The zero-order valence-corrected chi connectivity index (χ0v) is 14.1. The Kier molecular flexibility index (Phi) is 5.47. The standard InChI is InChI=1S/C17H21F2N5O/c1-12-15(21-5-4-20-12)10-23-6-2-13(3-7-23)9-24-11-22-14(17(18)19)8-16(24)25/h4-5,8,11,13,17H,2-3,6-7,9-10H2,1H3. The minimum Gasteiger partial charge on any atom is -0.299 e. The van der Waals surface area contributed by atoms with Crippen molar-refractivity contribution in [2.24, 2.45) is 5.92 Å². The molecule has 0 spiro atoms. The Balaban J connectivity index is 1.54. The lowest BCUT2D eigenvalue weighted by molar-refractivity contribution is 0.144. The quantitative estimate of drug-likeness (QED) is 0.828. The van der Waals surface area contributed by atoms with E-state index in [0.717, 1.165) is 49.9 Å². The van der Waals surface area contributed by atoms with Gasteiger partial charge in [-0.25, -0.2) is 13.8 Å². The van der Waals surface area contributed by atoms with Gasteiger partial charge in [-0.3, -0.25) is 24.2 Å². The van der Waals surface area contributed by atoms with Crippen LogP contribution in [0.5, 0.6) is 0 Å². The molecular formula is C17H21F2N5O. The van der Waals surface area contributed by atoms with Gasteiger partial charge in [-0.1, -0.05) is 0 Å². The van der Waals surface area contributed by atoms with Gasteiger partial charge < -0.3 is 0 Å². The van der Waals surface area contributed by atoms with Crippen molar-refractivity contribution in [2.45, 2.75) is 39.3 Å². The molecule has 1 aliphatic heterocycles. The van der Waals surface area contributed by atoms with Gasteiger partial charge in [0.25, 0.3) is 12.0 Å². The molecule has 0 aliphatic carbocycles. The molecule has 6 nitrogen and oxygen atoms in total. The predicted octanol–water partition coefficient (Wildman–Crippen LogP) is 2.19. The summed E-state index contributed by atoms with van der Waals surface area (Å²) >= 11 is 0. The molecule has 1 fully saturated rings. The molecule has 1 saturated heterocycles. The molecule has 0 unspecified atom stereocenters. The third kappa shape index (κ3) is 4.45. The van der Waals surface area contributed by atoms with Crippen molar-refractivity contribution < 1.29 is 8.78 Å². The minimum absolute atomic E-state index is 0.344. The molecule has 25 heavy (non-hydrogen) atoms. The molecule has 134 valence electrons. The van der Waals surface area contributed by atoms with Crippen LogP contribution in [0, 0.1) is 12.8 Å². The van der Waals surface area contributed by atoms with Crippen LogP contribution in [0.25, 0.3) is 0 Å². The predicted molar refractivity (Wildman–Crippen MR) is 88.2 cm³/mol. The Morgan fingerprint density at radius 2 is 1.92 bits per heavy atom. The smallest absolute Gasteiger partial charge is 0.280 e. The molecule has 3 rings (SSSR count). The molecule has 0 bridgehead atoms. The van der Waals surface area contributed by atoms with Crippen molar-refractivity contribution in [3.05, 3.63) is 52.2 Å². The fourth-order valence-corrected chi connectivity index (χ4v) is 3.11. The van der Waals surface area contributed by atoms with E-state index in [1.54, 1.807) is 12.4 Å². The zero-order valence-electron chi connectivity index (χ0n) is 14.1. The first-order valence-corrected chi connectivity index (χ1v) is 8.36. The largest absolute Gasteiger partial charge is 0.299 e. The van der Waals surface area contributed by atoms with E-state index in [9.17, 15) is 13.6 Å². The van der Waals surface area contributed by atoms with Gasteiger partial charge in [-0.15, -0.1) is 0 Å². The number of nitrogens with zero attached hydrogens (tertiary/aromatic N) is 5. The van der Waals surface area contributed by atoms with Crippen LogP contribution in [-0.2, 0) is 13.1 Å². The molecule has 0 saturated carbocycles. The second kappa shape index (κ2) is 7.77. The highest BCUT2D eigenvalue weighted by molar-refractivity contribution is 5.08. The monoisotopic (exact) mass is 349 g/mol. The van der Waals surface area contributed by atoms with Crippen LogP contribution >= 0.6 is 0 Å². The summed E-state index contributed by atoms with van der Waals surface area (Å²) in [6, 6.07) is 0.927. The number of piperidine rings is 1. The molecular weight excluding hydrogens is 328 g/mol. The maximum atomic E-state index is 12.6. The number of alkyl halides is 2. The summed E-state index contributed by atoms with van der Waals surface area (Å²) in [5.74, 6) is 0.344. The fourth-order valence-electron chi connectivity index (χ4n) is 3.11. The molecule has 2 aromatic heterocycles. The van der Waals surface area contributed by atoms with Crippen LogP contribution in [0.4, 0.5) is 8.78 Å². The Morgan fingerprint density at radius 1 is 1.20 bits per heavy atom. The van der Waals surface area contributed by atoms with Crippen LogP contribution < -0.4 is 5.56 Å². The van der Waals surface area contributed by atoms with Crippen LogP contribution in [0.2, 0.25) is 0 Å². The number of hydrogen-bond donors (Lipinski definition) is 0. The van der Waals surface area contributed by atoms with Gasteiger partial charge in [0.2, 0.25) is 0 Å². The van der Waals surface area contributed by atoms with Crippen molar-refractivity contribution in [1.29, 1.82) is 0 Å². The molecule has 8 heteroatoms. The third-order valence-electron chi connectivity index (χ3n) is 4.64. The van der Waals surface area contributed by atoms with E-state index in [0.29, 0.717) is 12.5 Å². The van der Waals surface area contributed by atoms with E-state index < -0.39 is 17.7 Å². The highest BCUT2D eigenvalue weighted by Gasteiger charge is 2.21. The maximum Gasteiger partial charge on any atom is 0.280 e.